The summed E-state index contributed by atoms with van der Waals surface area (Å²) in [6.45, 7) is 1.52. The third-order valence-corrected chi connectivity index (χ3v) is 6.57. The number of amides is 2. The number of hydrogen-bond donors (Lipinski definition) is 3. The summed E-state index contributed by atoms with van der Waals surface area (Å²) in [6.07, 6.45) is 1.90. The topological polar surface area (TPSA) is 81.7 Å². The van der Waals surface area contributed by atoms with Crippen LogP contribution >= 0.6 is 11.3 Å². The third kappa shape index (κ3) is 4.24. The zero-order valence-corrected chi connectivity index (χ0v) is 16.1. The molecule has 0 bridgehead atoms. The molecule has 2 aromatic rings. The molecule has 4 rings (SSSR count). The SMILES string of the molecule is O=C(Cc1cc2c(s1)CCN(C(=O)CN[C@@H]1C[C@H]1c1ccc(F)cc1)C2)NO. The van der Waals surface area contributed by atoms with E-state index in [4.69, 9.17) is 5.21 Å². The molecule has 28 heavy (non-hydrogen) atoms. The standard InChI is InChI=1S/C20H22FN3O3S/c21-14-3-1-12(2-4-14)16-9-17(16)22-10-20(26)24-6-5-18-13(11-24)7-15(28-18)8-19(25)23-27/h1-4,7,16-17,22,27H,5-6,8-11H2,(H,23,25)/t16-,17+/m0/s1. The summed E-state index contributed by atoms with van der Waals surface area (Å²) in [6, 6.07) is 8.77. The van der Waals surface area contributed by atoms with Crippen molar-refractivity contribution in [2.45, 2.75) is 37.8 Å². The fourth-order valence-corrected chi connectivity index (χ4v) is 4.89. The number of carbonyl (C=O) groups excluding carboxylic acids is 2. The molecule has 0 saturated heterocycles. The van der Waals surface area contributed by atoms with Crippen molar-refractivity contribution in [2.75, 3.05) is 13.1 Å². The first kappa shape index (κ1) is 19.0. The Hall–Kier alpha value is -2.29. The van der Waals surface area contributed by atoms with E-state index in [2.05, 4.69) is 5.32 Å². The number of hydrogen-bond acceptors (Lipinski definition) is 5. The van der Waals surface area contributed by atoms with Gasteiger partial charge in [0.05, 0.1) is 13.0 Å². The summed E-state index contributed by atoms with van der Waals surface area (Å²) in [5.74, 6) is -0.257. The summed E-state index contributed by atoms with van der Waals surface area (Å²) in [4.78, 5) is 27.8. The maximum atomic E-state index is 13.0. The molecule has 1 aromatic carbocycles. The highest BCUT2D eigenvalue weighted by molar-refractivity contribution is 7.12. The Kier molecular flexibility index (Phi) is 5.43. The first-order valence-electron chi connectivity index (χ1n) is 9.33. The summed E-state index contributed by atoms with van der Waals surface area (Å²) in [7, 11) is 0. The number of halogens is 1. The van der Waals surface area contributed by atoms with Crippen LogP contribution in [0.4, 0.5) is 4.39 Å². The van der Waals surface area contributed by atoms with Crippen molar-refractivity contribution >= 4 is 23.2 Å². The smallest absolute Gasteiger partial charge is 0.248 e. The second-order valence-corrected chi connectivity index (χ2v) is 8.54. The average molecular weight is 403 g/mol. The molecule has 3 N–H and O–H groups in total. The zero-order chi connectivity index (χ0) is 19.7. The van der Waals surface area contributed by atoms with Crippen LogP contribution in [0.15, 0.2) is 30.3 Å². The minimum Gasteiger partial charge on any atom is -0.337 e. The van der Waals surface area contributed by atoms with E-state index in [1.54, 1.807) is 28.9 Å². The van der Waals surface area contributed by atoms with Gasteiger partial charge in [-0.1, -0.05) is 12.1 Å². The molecule has 1 saturated carbocycles. The predicted octanol–water partition coefficient (Wildman–Crippen LogP) is 1.97. The quantitative estimate of drug-likeness (QED) is 0.509. The van der Waals surface area contributed by atoms with Gasteiger partial charge in [-0.05, 0) is 42.2 Å². The van der Waals surface area contributed by atoms with E-state index in [1.807, 2.05) is 11.0 Å². The molecule has 2 amide bonds. The Morgan fingerprint density at radius 2 is 2.07 bits per heavy atom. The van der Waals surface area contributed by atoms with Gasteiger partial charge in [-0.3, -0.25) is 14.8 Å². The van der Waals surface area contributed by atoms with Crippen LogP contribution in [0.3, 0.4) is 0 Å². The molecule has 0 radical (unpaired) electrons. The summed E-state index contributed by atoms with van der Waals surface area (Å²) in [5, 5.41) is 12.0. The highest BCUT2D eigenvalue weighted by Crippen LogP contribution is 2.40. The van der Waals surface area contributed by atoms with E-state index < -0.39 is 5.91 Å². The van der Waals surface area contributed by atoms with E-state index in [-0.39, 0.29) is 24.2 Å². The van der Waals surface area contributed by atoms with Crippen molar-refractivity contribution in [1.82, 2.24) is 15.7 Å². The predicted molar refractivity (Wildman–Crippen MR) is 103 cm³/mol. The van der Waals surface area contributed by atoms with Gasteiger partial charge in [-0.2, -0.15) is 0 Å². The number of thiophene rings is 1. The second-order valence-electron chi connectivity index (χ2n) is 7.32. The maximum absolute atomic E-state index is 13.0. The number of nitrogens with one attached hydrogen (secondary N) is 2. The first-order valence-corrected chi connectivity index (χ1v) is 10.1. The Balaban J connectivity index is 1.27. The fourth-order valence-electron chi connectivity index (χ4n) is 3.72. The third-order valence-electron chi connectivity index (χ3n) is 5.33. The van der Waals surface area contributed by atoms with Crippen molar-refractivity contribution < 1.29 is 19.2 Å². The van der Waals surface area contributed by atoms with E-state index >= 15 is 0 Å². The first-order chi connectivity index (χ1) is 13.5. The number of nitrogens with zero attached hydrogens (tertiary/aromatic N) is 1. The molecule has 2 heterocycles. The summed E-state index contributed by atoms with van der Waals surface area (Å²) >= 11 is 1.57. The van der Waals surface area contributed by atoms with E-state index in [9.17, 15) is 14.0 Å². The molecule has 6 nitrogen and oxygen atoms in total. The molecule has 2 aliphatic rings. The van der Waals surface area contributed by atoms with Gasteiger partial charge in [0.1, 0.15) is 5.82 Å². The fraction of sp³-hybridized carbons (Fsp3) is 0.400. The van der Waals surface area contributed by atoms with E-state index in [1.165, 1.54) is 17.0 Å². The molecule has 8 heteroatoms. The molecule has 1 aliphatic heterocycles. The van der Waals surface area contributed by atoms with Crippen molar-refractivity contribution in [3.05, 3.63) is 57.0 Å². The molecule has 0 unspecified atom stereocenters. The lowest BCUT2D eigenvalue weighted by Gasteiger charge is -2.27. The van der Waals surface area contributed by atoms with Crippen LogP contribution in [0.2, 0.25) is 0 Å². The second kappa shape index (κ2) is 7.98. The van der Waals surface area contributed by atoms with Gasteiger partial charge in [-0.15, -0.1) is 11.3 Å². The Morgan fingerprint density at radius 3 is 2.82 bits per heavy atom. The highest BCUT2D eigenvalue weighted by Gasteiger charge is 2.38. The lowest BCUT2D eigenvalue weighted by atomic mass is 10.1. The number of hydroxylamine groups is 1. The molecular weight excluding hydrogens is 381 g/mol. The van der Waals surface area contributed by atoms with Crippen LogP contribution in [-0.2, 0) is 29.0 Å². The van der Waals surface area contributed by atoms with Crippen LogP contribution in [-0.4, -0.2) is 41.1 Å². The van der Waals surface area contributed by atoms with Crippen LogP contribution < -0.4 is 10.8 Å². The molecule has 2 atom stereocenters. The lowest BCUT2D eigenvalue weighted by molar-refractivity contribution is -0.131. The Bertz CT molecular complexity index is 883. The number of rotatable bonds is 6. The van der Waals surface area contributed by atoms with Gasteiger partial charge in [-0.25, -0.2) is 9.87 Å². The zero-order valence-electron chi connectivity index (χ0n) is 15.3. The average Bonchev–Trinajstić information content (AvgIpc) is 3.36. The monoisotopic (exact) mass is 403 g/mol. The maximum Gasteiger partial charge on any atom is 0.248 e. The van der Waals surface area contributed by atoms with Gasteiger partial charge in [0.15, 0.2) is 0 Å². The van der Waals surface area contributed by atoms with Crippen molar-refractivity contribution in [3.63, 3.8) is 0 Å². The van der Waals surface area contributed by atoms with Crippen molar-refractivity contribution in [3.8, 4) is 0 Å². The van der Waals surface area contributed by atoms with Crippen LogP contribution in [0.25, 0.3) is 0 Å². The van der Waals surface area contributed by atoms with Gasteiger partial charge in [0.2, 0.25) is 11.8 Å². The molecule has 1 aliphatic carbocycles. The van der Waals surface area contributed by atoms with Gasteiger partial charge >= 0.3 is 0 Å². The molecule has 148 valence electrons. The number of carbonyl (C=O) groups is 2. The minimum atomic E-state index is -0.434. The van der Waals surface area contributed by atoms with Crippen LogP contribution in [0.1, 0.15) is 33.2 Å². The molecule has 1 aromatic heterocycles. The largest absolute Gasteiger partial charge is 0.337 e. The molecule has 1 fully saturated rings. The Labute approximate surface area is 166 Å². The van der Waals surface area contributed by atoms with Gasteiger partial charge in [0.25, 0.3) is 0 Å². The Morgan fingerprint density at radius 1 is 1.29 bits per heavy atom. The normalized spacial score (nSPS) is 20.6. The van der Waals surface area contributed by atoms with E-state index in [0.29, 0.717) is 25.6 Å². The highest BCUT2D eigenvalue weighted by atomic mass is 32.1. The van der Waals surface area contributed by atoms with Crippen LogP contribution in [0.5, 0.6) is 0 Å². The minimum absolute atomic E-state index is 0.0660. The summed E-state index contributed by atoms with van der Waals surface area (Å²) < 4.78 is 13.0. The molecular formula is C20H22FN3O3S. The van der Waals surface area contributed by atoms with Crippen LogP contribution in [0, 0.1) is 5.82 Å². The van der Waals surface area contributed by atoms with Crippen molar-refractivity contribution in [1.29, 1.82) is 0 Å². The molecule has 0 spiro atoms. The number of benzene rings is 1. The summed E-state index contributed by atoms with van der Waals surface area (Å²) in [5.41, 5.74) is 3.84. The number of fused-ring (bicyclic) bond motifs is 1. The van der Waals surface area contributed by atoms with Gasteiger partial charge < -0.3 is 10.2 Å². The lowest BCUT2D eigenvalue weighted by Crippen LogP contribution is -2.41. The van der Waals surface area contributed by atoms with Crippen molar-refractivity contribution in [2.24, 2.45) is 0 Å². The van der Waals surface area contributed by atoms with E-state index in [0.717, 1.165) is 28.8 Å². The van der Waals surface area contributed by atoms with Gasteiger partial charge in [0, 0.05) is 34.8 Å².